The number of aldehydes is 1. The Bertz CT molecular complexity index is 247. The second kappa shape index (κ2) is 4.85. The molecule has 0 saturated heterocycles. The normalized spacial score (nSPS) is 13.4. The Balaban J connectivity index is 4.27. The van der Waals surface area contributed by atoms with E-state index in [1.54, 1.807) is 0 Å². The predicted octanol–water partition coefficient (Wildman–Crippen LogP) is -0.593. The summed E-state index contributed by atoms with van der Waals surface area (Å²) >= 11 is 0. The van der Waals surface area contributed by atoms with E-state index in [4.69, 9.17) is 5.73 Å². The molecule has 0 heterocycles. The number of Topliss-reactive ketones (excluding diaryl/α,β-unsaturated/α-hetero) is 1. The lowest BCUT2D eigenvalue weighted by Crippen LogP contribution is -2.32. The minimum atomic E-state index is -0.980. The van der Waals surface area contributed by atoms with Gasteiger partial charge in [0.15, 0.2) is 6.29 Å². The highest BCUT2D eigenvalue weighted by molar-refractivity contribution is 6.27. The number of rotatable bonds is 6. The number of ketones is 1. The molecule has 5 nitrogen and oxygen atoms in total. The van der Waals surface area contributed by atoms with Gasteiger partial charge in [-0.15, -0.1) is 0 Å². The zero-order chi connectivity index (χ0) is 11.4. The molecule has 0 bridgehead atoms. The highest BCUT2D eigenvalue weighted by atomic mass is 16.3. The van der Waals surface area contributed by atoms with Gasteiger partial charge < -0.3 is 10.8 Å². The molecule has 0 aromatic rings. The molecule has 0 aliphatic rings. The molecule has 0 radical (unpaired) electrons. The molecule has 0 aliphatic heterocycles. The third-order valence-corrected chi connectivity index (χ3v) is 1.96. The van der Waals surface area contributed by atoms with Crippen LogP contribution in [0, 0.1) is 5.41 Å². The Morgan fingerprint density at radius 1 is 1.50 bits per heavy atom. The number of hydrogen-bond acceptors (Lipinski definition) is 4. The van der Waals surface area contributed by atoms with Crippen LogP contribution in [0.1, 0.15) is 26.7 Å². The van der Waals surface area contributed by atoms with Crippen LogP contribution in [0.25, 0.3) is 0 Å². The molecule has 0 saturated carbocycles. The number of aliphatic hydroxyl groups is 1. The molecule has 80 valence electrons. The lowest BCUT2D eigenvalue weighted by atomic mass is 9.82. The van der Waals surface area contributed by atoms with Crippen LogP contribution in [0.15, 0.2) is 0 Å². The summed E-state index contributed by atoms with van der Waals surface area (Å²) in [6.07, 6.45) is -0.911. The van der Waals surface area contributed by atoms with Crippen LogP contribution in [-0.2, 0) is 14.4 Å². The smallest absolute Gasteiger partial charge is 0.220 e. The molecule has 0 fully saturated rings. The van der Waals surface area contributed by atoms with Gasteiger partial charge in [-0.05, 0) is 6.42 Å². The summed E-state index contributed by atoms with van der Waals surface area (Å²) in [5, 5.41) is 9.33. The van der Waals surface area contributed by atoms with Gasteiger partial charge >= 0.3 is 0 Å². The Morgan fingerprint density at radius 3 is 2.36 bits per heavy atom. The molecule has 1 atom stereocenters. The van der Waals surface area contributed by atoms with Crippen molar-refractivity contribution in [2.24, 2.45) is 11.1 Å². The number of nitrogens with two attached hydrogens (primary N) is 1. The summed E-state index contributed by atoms with van der Waals surface area (Å²) in [6.45, 7) is 3.07. The fourth-order valence-corrected chi connectivity index (χ4v) is 1.15. The van der Waals surface area contributed by atoms with E-state index in [9.17, 15) is 19.5 Å². The van der Waals surface area contributed by atoms with Crippen molar-refractivity contribution >= 4 is 18.0 Å². The Hall–Kier alpha value is -1.23. The molecule has 1 unspecified atom stereocenters. The number of carbonyl (C=O) groups is 3. The second-order valence-corrected chi connectivity index (χ2v) is 3.89. The lowest BCUT2D eigenvalue weighted by Gasteiger charge is -2.22. The van der Waals surface area contributed by atoms with Crippen molar-refractivity contribution < 1.29 is 19.5 Å². The fraction of sp³-hybridized carbons (Fsp3) is 0.667. The van der Waals surface area contributed by atoms with Crippen LogP contribution in [0.4, 0.5) is 0 Å². The third-order valence-electron chi connectivity index (χ3n) is 1.96. The molecular weight excluding hydrogens is 186 g/mol. The maximum absolute atomic E-state index is 11.1. The van der Waals surface area contributed by atoms with Gasteiger partial charge in [0.25, 0.3) is 0 Å². The monoisotopic (exact) mass is 201 g/mol. The van der Waals surface area contributed by atoms with Gasteiger partial charge in [-0.2, -0.15) is 0 Å². The van der Waals surface area contributed by atoms with Crippen LogP contribution in [-0.4, -0.2) is 29.2 Å². The number of aliphatic hydroxyl groups excluding tert-OH is 1. The van der Waals surface area contributed by atoms with Crippen molar-refractivity contribution in [3.63, 3.8) is 0 Å². The molecule has 1 amide bonds. The lowest BCUT2D eigenvalue weighted by molar-refractivity contribution is -0.137. The third kappa shape index (κ3) is 4.13. The van der Waals surface area contributed by atoms with Crippen molar-refractivity contribution in [1.82, 2.24) is 0 Å². The van der Waals surface area contributed by atoms with Crippen LogP contribution < -0.4 is 5.73 Å². The highest BCUT2D eigenvalue weighted by Gasteiger charge is 2.30. The fourth-order valence-electron chi connectivity index (χ4n) is 1.15. The van der Waals surface area contributed by atoms with Crippen molar-refractivity contribution in [1.29, 1.82) is 0 Å². The molecular formula is C9H15NO4. The number of hydrogen-bond donors (Lipinski definition) is 2. The van der Waals surface area contributed by atoms with Crippen LogP contribution >= 0.6 is 0 Å². The Labute approximate surface area is 82.3 Å². The van der Waals surface area contributed by atoms with Crippen molar-refractivity contribution in [3.8, 4) is 0 Å². The Kier molecular flexibility index (Phi) is 4.43. The van der Waals surface area contributed by atoms with E-state index in [0.717, 1.165) is 0 Å². The SMILES string of the molecule is CC(C)(CC(O)CC(N)=O)C(=O)C=O. The standard InChI is InChI=1S/C9H15NO4/c1-9(2,7(13)5-11)4-6(12)3-8(10)14/h5-6,12H,3-4H2,1-2H3,(H2,10,14). The first-order valence-electron chi connectivity index (χ1n) is 4.25. The highest BCUT2D eigenvalue weighted by Crippen LogP contribution is 2.23. The van der Waals surface area contributed by atoms with Gasteiger partial charge in [-0.25, -0.2) is 0 Å². The first-order chi connectivity index (χ1) is 6.29. The van der Waals surface area contributed by atoms with E-state index in [0.29, 0.717) is 0 Å². The zero-order valence-electron chi connectivity index (χ0n) is 8.32. The van der Waals surface area contributed by atoms with Crippen LogP contribution in [0.3, 0.4) is 0 Å². The minimum Gasteiger partial charge on any atom is -0.393 e. The maximum atomic E-state index is 11.1. The topological polar surface area (TPSA) is 97.5 Å². The molecule has 0 aliphatic carbocycles. The van der Waals surface area contributed by atoms with Crippen LogP contribution in [0.5, 0.6) is 0 Å². The number of amides is 1. The summed E-state index contributed by atoms with van der Waals surface area (Å²) in [7, 11) is 0. The minimum absolute atomic E-state index is 0.0491. The van der Waals surface area contributed by atoms with Crippen molar-refractivity contribution in [2.45, 2.75) is 32.8 Å². The summed E-state index contributed by atoms with van der Waals surface area (Å²) in [6, 6.07) is 0. The van der Waals surface area contributed by atoms with E-state index in [2.05, 4.69) is 0 Å². The summed E-state index contributed by atoms with van der Waals surface area (Å²) in [5.41, 5.74) is 3.92. The van der Waals surface area contributed by atoms with Gasteiger partial charge in [0.2, 0.25) is 11.7 Å². The van der Waals surface area contributed by atoms with Gasteiger partial charge in [0.1, 0.15) is 0 Å². The quantitative estimate of drug-likeness (QED) is 0.443. The van der Waals surface area contributed by atoms with Gasteiger partial charge in [0, 0.05) is 5.41 Å². The van der Waals surface area contributed by atoms with E-state index < -0.39 is 23.2 Å². The van der Waals surface area contributed by atoms with E-state index >= 15 is 0 Å². The molecule has 0 aromatic carbocycles. The van der Waals surface area contributed by atoms with E-state index in [1.165, 1.54) is 13.8 Å². The first-order valence-corrected chi connectivity index (χ1v) is 4.25. The molecule has 14 heavy (non-hydrogen) atoms. The Morgan fingerprint density at radius 2 is 2.00 bits per heavy atom. The van der Waals surface area contributed by atoms with Crippen LogP contribution in [0.2, 0.25) is 0 Å². The molecule has 0 spiro atoms. The van der Waals surface area contributed by atoms with Crippen molar-refractivity contribution in [3.05, 3.63) is 0 Å². The summed E-state index contributed by atoms with van der Waals surface area (Å²) in [4.78, 5) is 31.7. The zero-order valence-corrected chi connectivity index (χ0v) is 8.32. The number of carbonyl (C=O) groups excluding carboxylic acids is 3. The molecule has 5 heteroatoms. The molecule has 0 rings (SSSR count). The van der Waals surface area contributed by atoms with Crippen molar-refractivity contribution in [2.75, 3.05) is 0 Å². The van der Waals surface area contributed by atoms with E-state index in [-0.39, 0.29) is 19.1 Å². The van der Waals surface area contributed by atoms with Gasteiger partial charge in [-0.3, -0.25) is 14.4 Å². The molecule has 0 aromatic heterocycles. The van der Waals surface area contributed by atoms with Gasteiger partial charge in [0.05, 0.1) is 12.5 Å². The largest absolute Gasteiger partial charge is 0.393 e. The summed E-state index contributed by atoms with van der Waals surface area (Å²) in [5.74, 6) is -1.23. The average Bonchev–Trinajstić information content (AvgIpc) is 1.99. The molecule has 3 N–H and O–H groups in total. The summed E-state index contributed by atoms with van der Waals surface area (Å²) < 4.78 is 0. The average molecular weight is 201 g/mol. The maximum Gasteiger partial charge on any atom is 0.220 e. The number of primary amides is 1. The second-order valence-electron chi connectivity index (χ2n) is 3.89. The first kappa shape index (κ1) is 12.8. The van der Waals surface area contributed by atoms with E-state index in [1.807, 2.05) is 0 Å². The van der Waals surface area contributed by atoms with Gasteiger partial charge in [-0.1, -0.05) is 13.8 Å². The predicted molar refractivity (Wildman–Crippen MR) is 49.3 cm³/mol.